The Morgan fingerprint density at radius 2 is 1.71 bits per heavy atom. The second kappa shape index (κ2) is 11.9. The van der Waals surface area contributed by atoms with E-state index in [1.165, 1.54) is 4.90 Å². The molecule has 1 N–H and O–H groups in total. The van der Waals surface area contributed by atoms with Gasteiger partial charge in [-0.1, -0.05) is 30.3 Å². The van der Waals surface area contributed by atoms with Crippen LogP contribution in [-0.2, 0) is 27.2 Å². The molecule has 212 valence electrons. The largest absolute Gasteiger partial charge is 0.494 e. The van der Waals surface area contributed by atoms with Crippen LogP contribution in [0.15, 0.2) is 66.7 Å². The minimum absolute atomic E-state index is 0.0128. The van der Waals surface area contributed by atoms with E-state index >= 15 is 0 Å². The van der Waals surface area contributed by atoms with E-state index < -0.39 is 6.09 Å². The van der Waals surface area contributed by atoms with Gasteiger partial charge in [-0.2, -0.15) is 0 Å². The molecule has 5 aliphatic rings. The second-order valence-corrected chi connectivity index (χ2v) is 10.5. The van der Waals surface area contributed by atoms with Crippen molar-refractivity contribution in [1.29, 1.82) is 0 Å². The topological polar surface area (TPSA) is 97.4 Å². The average molecular weight is 556 g/mol. The van der Waals surface area contributed by atoms with Crippen molar-refractivity contribution < 1.29 is 28.6 Å². The number of carbonyl (C=O) groups is 3. The zero-order valence-electron chi connectivity index (χ0n) is 22.8. The third-order valence-corrected chi connectivity index (χ3v) is 7.72. The summed E-state index contributed by atoms with van der Waals surface area (Å²) in [6.07, 6.45) is 1.96. The van der Waals surface area contributed by atoms with Crippen LogP contribution in [0.5, 0.6) is 17.2 Å². The Hall–Kier alpha value is -4.53. The van der Waals surface area contributed by atoms with Gasteiger partial charge in [-0.15, -0.1) is 0 Å². The van der Waals surface area contributed by atoms with Gasteiger partial charge in [-0.05, 0) is 77.9 Å². The summed E-state index contributed by atoms with van der Waals surface area (Å²) < 4.78 is 17.3. The highest BCUT2D eigenvalue weighted by Gasteiger charge is 2.35. The van der Waals surface area contributed by atoms with E-state index in [1.54, 1.807) is 0 Å². The van der Waals surface area contributed by atoms with E-state index in [0.717, 1.165) is 33.8 Å². The lowest BCUT2D eigenvalue weighted by molar-refractivity contribution is -0.133. The molecule has 9 heteroatoms. The number of benzene rings is 3. The summed E-state index contributed by atoms with van der Waals surface area (Å²) in [6.45, 7) is 2.17. The Kier molecular flexibility index (Phi) is 7.75. The van der Waals surface area contributed by atoms with Gasteiger partial charge in [0, 0.05) is 19.5 Å². The monoisotopic (exact) mass is 555 g/mol. The molecule has 41 heavy (non-hydrogen) atoms. The highest BCUT2D eigenvalue weighted by molar-refractivity contribution is 5.84. The zero-order valence-corrected chi connectivity index (χ0v) is 22.8. The van der Waals surface area contributed by atoms with Crippen LogP contribution >= 0.6 is 0 Å². The van der Waals surface area contributed by atoms with Crippen molar-refractivity contribution >= 4 is 17.9 Å². The molecular formula is C32H33N3O6. The molecule has 1 unspecified atom stereocenters. The molecule has 8 rings (SSSR count). The molecule has 0 saturated carbocycles. The maximum absolute atomic E-state index is 13.6. The van der Waals surface area contributed by atoms with Gasteiger partial charge in [-0.25, -0.2) is 4.79 Å². The molecule has 3 aromatic rings. The van der Waals surface area contributed by atoms with Gasteiger partial charge in [-0.3, -0.25) is 14.5 Å². The molecule has 1 fully saturated rings. The molecule has 0 radical (unpaired) electrons. The van der Waals surface area contributed by atoms with Gasteiger partial charge in [0.1, 0.15) is 30.4 Å². The molecule has 3 amide bonds. The number of carbonyl (C=O) groups excluding carboxylic acids is 3. The molecule has 8 bridgehead atoms. The molecule has 0 aliphatic carbocycles. The normalized spacial score (nSPS) is 19.1. The summed E-state index contributed by atoms with van der Waals surface area (Å²) in [5, 5.41) is 2.96. The van der Waals surface area contributed by atoms with E-state index in [9.17, 15) is 14.4 Å². The van der Waals surface area contributed by atoms with Gasteiger partial charge in [0.15, 0.2) is 0 Å². The van der Waals surface area contributed by atoms with Crippen molar-refractivity contribution in [2.75, 3.05) is 39.4 Å². The van der Waals surface area contributed by atoms with Crippen LogP contribution in [0.3, 0.4) is 0 Å². The number of aryl methyl sites for hydroxylation is 1. The third-order valence-electron chi connectivity index (χ3n) is 7.72. The number of rotatable bonds is 2. The highest BCUT2D eigenvalue weighted by atomic mass is 16.6. The van der Waals surface area contributed by atoms with Gasteiger partial charge >= 0.3 is 6.09 Å². The molecule has 1 saturated heterocycles. The van der Waals surface area contributed by atoms with Gasteiger partial charge in [0.05, 0.1) is 19.2 Å². The molecule has 9 nitrogen and oxygen atoms in total. The molecule has 1 atom stereocenters. The fraction of sp³-hybridized carbons (Fsp3) is 0.344. The van der Waals surface area contributed by atoms with Crippen molar-refractivity contribution in [1.82, 2.24) is 15.1 Å². The summed E-state index contributed by atoms with van der Waals surface area (Å²) in [5.41, 5.74) is 4.11. The van der Waals surface area contributed by atoms with Gasteiger partial charge < -0.3 is 24.4 Å². The Balaban J connectivity index is 1.33. The smallest absolute Gasteiger partial charge is 0.410 e. The Morgan fingerprint density at radius 1 is 0.854 bits per heavy atom. The Morgan fingerprint density at radius 3 is 2.54 bits per heavy atom. The molecule has 0 spiro atoms. The van der Waals surface area contributed by atoms with Gasteiger partial charge in [0.2, 0.25) is 11.8 Å². The summed E-state index contributed by atoms with van der Waals surface area (Å²) in [7, 11) is 0. The van der Waals surface area contributed by atoms with Crippen molar-refractivity contribution in [3.63, 3.8) is 0 Å². The molecule has 0 aromatic heterocycles. The van der Waals surface area contributed by atoms with Crippen molar-refractivity contribution in [2.45, 2.75) is 31.7 Å². The first-order valence-corrected chi connectivity index (χ1v) is 14.1. The maximum atomic E-state index is 13.6. The van der Waals surface area contributed by atoms with Crippen LogP contribution in [0, 0.1) is 0 Å². The van der Waals surface area contributed by atoms with Crippen molar-refractivity contribution in [2.24, 2.45) is 0 Å². The molecule has 5 aliphatic heterocycles. The number of hydrogen-bond donors (Lipinski definition) is 1. The van der Waals surface area contributed by atoms with E-state index in [0.29, 0.717) is 64.3 Å². The summed E-state index contributed by atoms with van der Waals surface area (Å²) in [4.78, 5) is 41.3. The lowest BCUT2D eigenvalue weighted by Crippen LogP contribution is -2.45. The minimum atomic E-state index is -0.455. The molecular weight excluding hydrogens is 522 g/mol. The lowest BCUT2D eigenvalue weighted by atomic mass is 9.87. The predicted molar refractivity (Wildman–Crippen MR) is 151 cm³/mol. The summed E-state index contributed by atoms with van der Waals surface area (Å²) >= 11 is 0. The van der Waals surface area contributed by atoms with Crippen LogP contribution in [0.2, 0.25) is 0 Å². The number of fused-ring (bicyclic) bond motifs is 1. The summed E-state index contributed by atoms with van der Waals surface area (Å²) in [5.74, 6) is 2.02. The van der Waals surface area contributed by atoms with Crippen molar-refractivity contribution in [3.8, 4) is 17.2 Å². The van der Waals surface area contributed by atoms with Crippen molar-refractivity contribution in [3.05, 3.63) is 89.0 Å². The fourth-order valence-electron chi connectivity index (χ4n) is 5.59. The van der Waals surface area contributed by atoms with E-state index in [-0.39, 0.29) is 24.4 Å². The lowest BCUT2D eigenvalue weighted by Gasteiger charge is -2.38. The van der Waals surface area contributed by atoms with Gasteiger partial charge in [0.25, 0.3) is 0 Å². The molecule has 3 aromatic carbocycles. The van der Waals surface area contributed by atoms with E-state index in [4.69, 9.17) is 14.2 Å². The second-order valence-electron chi connectivity index (χ2n) is 10.5. The van der Waals surface area contributed by atoms with Crippen LogP contribution in [0.25, 0.3) is 0 Å². The van der Waals surface area contributed by atoms with Crippen LogP contribution in [-0.4, -0.2) is 67.1 Å². The fourth-order valence-corrected chi connectivity index (χ4v) is 5.59. The number of nitrogens with zero attached hydrogens (tertiary/aromatic N) is 2. The number of ether oxygens (including phenoxy) is 3. The van der Waals surface area contributed by atoms with Crippen LogP contribution < -0.4 is 14.8 Å². The Labute approximate surface area is 239 Å². The maximum Gasteiger partial charge on any atom is 0.410 e. The zero-order chi connectivity index (χ0) is 28.2. The first-order valence-electron chi connectivity index (χ1n) is 14.1. The number of amides is 3. The van der Waals surface area contributed by atoms with E-state index in [2.05, 4.69) is 5.32 Å². The third kappa shape index (κ3) is 6.14. The standard InChI is InChI=1S/C32H33N3O6/c36-29-12-7-22-5-8-25(9-6-22)41-27-10-11-28-23(19-27)13-15-35(30(37)21-34-16-18-40-32(34)38)31(28)24-3-1-4-26(20-24)39-17-2-14-33-29/h1,3-6,8-11,19-20,31H,2,7,12-18,21H2,(H,33,36). The number of hydrogen-bond acceptors (Lipinski definition) is 6. The van der Waals surface area contributed by atoms with Crippen LogP contribution in [0.1, 0.15) is 41.1 Å². The molecule has 5 heterocycles. The SMILES string of the molecule is O=C1CCc2ccc(cc2)Oc2ccc3c(c2)CCN(C(=O)CN2CCOC2=O)C3c2cccc(c2)OCCCN1. The van der Waals surface area contributed by atoms with E-state index in [1.807, 2.05) is 71.6 Å². The number of nitrogens with one attached hydrogen (secondary N) is 1. The number of cyclic esters (lactones) is 1. The minimum Gasteiger partial charge on any atom is -0.494 e. The average Bonchev–Trinajstić information content (AvgIpc) is 3.39. The summed E-state index contributed by atoms with van der Waals surface area (Å²) in [6, 6.07) is 21.3. The Bertz CT molecular complexity index is 1440. The van der Waals surface area contributed by atoms with Crippen LogP contribution in [0.4, 0.5) is 4.79 Å². The highest BCUT2D eigenvalue weighted by Crippen LogP contribution is 2.39. The quantitative estimate of drug-likeness (QED) is 0.508. The first-order chi connectivity index (χ1) is 20.0. The predicted octanol–water partition coefficient (Wildman–Crippen LogP) is 4.24. The first kappa shape index (κ1) is 26.7.